The van der Waals surface area contributed by atoms with Crippen LogP contribution in [-0.4, -0.2) is 37.2 Å². The lowest BCUT2D eigenvalue weighted by molar-refractivity contribution is -0.0291. The number of nitrogens with zero attached hydrogens (tertiary/aromatic N) is 1. The molecule has 84 valence electrons. The molecule has 4 nitrogen and oxygen atoms in total. The summed E-state index contributed by atoms with van der Waals surface area (Å²) in [4.78, 5) is 4.22. The van der Waals surface area contributed by atoms with Crippen LogP contribution in [0, 0.1) is 0 Å². The molecule has 1 aromatic rings. The van der Waals surface area contributed by atoms with Crippen LogP contribution in [0.5, 0.6) is 0 Å². The highest BCUT2D eigenvalue weighted by Gasteiger charge is 1.96. The first kappa shape index (κ1) is 12.1. The Balaban J connectivity index is 2.29. The molecule has 0 unspecified atom stereocenters. The second kappa shape index (κ2) is 7.34. The van der Waals surface area contributed by atoms with Gasteiger partial charge in [-0.2, -0.15) is 0 Å². The van der Waals surface area contributed by atoms with E-state index in [1.807, 2.05) is 18.3 Å². The van der Waals surface area contributed by atoms with Crippen LogP contribution >= 0.6 is 0 Å². The van der Waals surface area contributed by atoms with Crippen LogP contribution in [-0.2, 0) is 22.3 Å². The SMILES string of the molecule is COCOCCc1ccc(CCO)nc1. The minimum absolute atomic E-state index is 0.142. The lowest BCUT2D eigenvalue weighted by Crippen LogP contribution is -2.02. The maximum absolute atomic E-state index is 8.72. The number of pyridine rings is 1. The first-order valence-electron chi connectivity index (χ1n) is 4.98. The molecule has 0 aliphatic carbocycles. The van der Waals surface area contributed by atoms with Crippen LogP contribution in [0.4, 0.5) is 0 Å². The van der Waals surface area contributed by atoms with Crippen LogP contribution in [0.25, 0.3) is 0 Å². The van der Waals surface area contributed by atoms with Crippen molar-refractivity contribution < 1.29 is 14.6 Å². The molecular weight excluding hydrogens is 194 g/mol. The zero-order valence-electron chi connectivity index (χ0n) is 8.98. The monoisotopic (exact) mass is 211 g/mol. The van der Waals surface area contributed by atoms with Crippen molar-refractivity contribution in [3.63, 3.8) is 0 Å². The van der Waals surface area contributed by atoms with Crippen LogP contribution in [0.3, 0.4) is 0 Å². The molecule has 4 heteroatoms. The van der Waals surface area contributed by atoms with Crippen LogP contribution < -0.4 is 0 Å². The van der Waals surface area contributed by atoms with Crippen LogP contribution in [0.1, 0.15) is 11.3 Å². The lowest BCUT2D eigenvalue weighted by Gasteiger charge is -2.03. The van der Waals surface area contributed by atoms with Crippen molar-refractivity contribution in [3.8, 4) is 0 Å². The van der Waals surface area contributed by atoms with Gasteiger partial charge in [0.2, 0.25) is 0 Å². The fourth-order valence-electron chi connectivity index (χ4n) is 1.20. The molecule has 0 aromatic carbocycles. The summed E-state index contributed by atoms with van der Waals surface area (Å²) in [7, 11) is 1.60. The molecule has 0 atom stereocenters. The summed E-state index contributed by atoms with van der Waals surface area (Å²) < 4.78 is 9.94. The standard InChI is InChI=1S/C11H17NO3/c1-14-9-15-7-5-10-2-3-11(4-6-13)12-8-10/h2-3,8,13H,4-7,9H2,1H3. The lowest BCUT2D eigenvalue weighted by atomic mass is 10.2. The smallest absolute Gasteiger partial charge is 0.146 e. The Morgan fingerprint density at radius 1 is 1.33 bits per heavy atom. The van der Waals surface area contributed by atoms with Crippen molar-refractivity contribution in [2.75, 3.05) is 27.1 Å². The Morgan fingerprint density at radius 2 is 2.20 bits per heavy atom. The summed E-state index contributed by atoms with van der Waals surface area (Å²) in [6.07, 6.45) is 3.26. The highest BCUT2D eigenvalue weighted by Crippen LogP contribution is 2.02. The number of methoxy groups -OCH3 is 1. The molecule has 1 N–H and O–H groups in total. The molecule has 0 spiro atoms. The maximum atomic E-state index is 8.72. The molecule has 0 saturated carbocycles. The molecule has 15 heavy (non-hydrogen) atoms. The molecule has 0 saturated heterocycles. The molecular formula is C11H17NO3. The van der Waals surface area contributed by atoms with E-state index >= 15 is 0 Å². The summed E-state index contributed by atoms with van der Waals surface area (Å²) in [6.45, 7) is 1.11. The van der Waals surface area contributed by atoms with Crippen molar-refractivity contribution in [2.45, 2.75) is 12.8 Å². The van der Waals surface area contributed by atoms with Crippen LogP contribution in [0.15, 0.2) is 18.3 Å². The second-order valence-electron chi connectivity index (χ2n) is 3.20. The Morgan fingerprint density at radius 3 is 2.80 bits per heavy atom. The van der Waals surface area contributed by atoms with E-state index in [2.05, 4.69) is 4.98 Å². The fourth-order valence-corrected chi connectivity index (χ4v) is 1.20. The van der Waals surface area contributed by atoms with Gasteiger partial charge in [0.15, 0.2) is 0 Å². The number of hydrogen-bond acceptors (Lipinski definition) is 4. The first-order chi connectivity index (χ1) is 7.36. The van der Waals surface area contributed by atoms with Gasteiger partial charge in [-0.25, -0.2) is 0 Å². The third-order valence-corrected chi connectivity index (χ3v) is 1.99. The second-order valence-corrected chi connectivity index (χ2v) is 3.20. The largest absolute Gasteiger partial charge is 0.396 e. The van der Waals surface area contributed by atoms with Gasteiger partial charge in [-0.05, 0) is 18.1 Å². The van der Waals surface area contributed by atoms with E-state index in [1.54, 1.807) is 7.11 Å². The number of aliphatic hydroxyl groups excluding tert-OH is 1. The molecule has 1 rings (SSSR count). The summed E-state index contributed by atoms with van der Waals surface area (Å²) in [5.41, 5.74) is 2.05. The normalized spacial score (nSPS) is 10.5. The van der Waals surface area contributed by atoms with E-state index in [1.165, 1.54) is 0 Å². The Kier molecular flexibility index (Phi) is 5.92. The predicted molar refractivity (Wildman–Crippen MR) is 56.6 cm³/mol. The third kappa shape index (κ3) is 4.88. The molecule has 0 amide bonds. The topological polar surface area (TPSA) is 51.6 Å². The highest BCUT2D eigenvalue weighted by atomic mass is 16.7. The molecule has 0 aliphatic heterocycles. The Labute approximate surface area is 89.9 Å². The van der Waals surface area contributed by atoms with Gasteiger partial charge in [0.1, 0.15) is 6.79 Å². The van der Waals surface area contributed by atoms with E-state index in [9.17, 15) is 0 Å². The molecule has 0 fully saturated rings. The van der Waals surface area contributed by atoms with E-state index in [0.717, 1.165) is 17.7 Å². The molecule has 0 radical (unpaired) electrons. The van der Waals surface area contributed by atoms with Gasteiger partial charge in [0.25, 0.3) is 0 Å². The summed E-state index contributed by atoms with van der Waals surface area (Å²) in [5.74, 6) is 0. The van der Waals surface area contributed by atoms with E-state index in [-0.39, 0.29) is 6.61 Å². The van der Waals surface area contributed by atoms with E-state index in [0.29, 0.717) is 19.8 Å². The Bertz CT molecular complexity index is 261. The van der Waals surface area contributed by atoms with Gasteiger partial charge < -0.3 is 14.6 Å². The van der Waals surface area contributed by atoms with Crippen LogP contribution in [0.2, 0.25) is 0 Å². The first-order valence-corrected chi connectivity index (χ1v) is 4.98. The molecule has 1 heterocycles. The van der Waals surface area contributed by atoms with E-state index < -0.39 is 0 Å². The zero-order valence-corrected chi connectivity index (χ0v) is 8.98. The number of ether oxygens (including phenoxy) is 2. The number of aromatic nitrogens is 1. The van der Waals surface area contributed by atoms with Gasteiger partial charge in [-0.3, -0.25) is 4.98 Å². The zero-order chi connectivity index (χ0) is 10.9. The minimum atomic E-state index is 0.142. The van der Waals surface area contributed by atoms with Gasteiger partial charge in [0.05, 0.1) is 6.61 Å². The molecule has 0 aliphatic rings. The average Bonchev–Trinajstić information content (AvgIpc) is 2.27. The average molecular weight is 211 g/mol. The van der Waals surface area contributed by atoms with Gasteiger partial charge in [-0.15, -0.1) is 0 Å². The predicted octanol–water partition coefficient (Wildman–Crippen LogP) is 0.779. The van der Waals surface area contributed by atoms with Gasteiger partial charge >= 0.3 is 0 Å². The number of aliphatic hydroxyl groups is 1. The van der Waals surface area contributed by atoms with Crippen molar-refractivity contribution in [1.29, 1.82) is 0 Å². The molecule has 0 bridgehead atoms. The fraction of sp³-hybridized carbons (Fsp3) is 0.545. The Hall–Kier alpha value is -0.970. The number of rotatable bonds is 7. The quantitative estimate of drug-likeness (QED) is 0.535. The van der Waals surface area contributed by atoms with Crippen molar-refractivity contribution in [1.82, 2.24) is 4.98 Å². The summed E-state index contributed by atoms with van der Waals surface area (Å²) >= 11 is 0. The summed E-state index contributed by atoms with van der Waals surface area (Å²) in [6, 6.07) is 3.94. The van der Waals surface area contributed by atoms with Crippen molar-refractivity contribution in [3.05, 3.63) is 29.6 Å². The molecule has 1 aromatic heterocycles. The van der Waals surface area contributed by atoms with Gasteiger partial charge in [-0.1, -0.05) is 6.07 Å². The maximum Gasteiger partial charge on any atom is 0.146 e. The number of hydrogen-bond donors (Lipinski definition) is 1. The van der Waals surface area contributed by atoms with E-state index in [4.69, 9.17) is 14.6 Å². The third-order valence-electron chi connectivity index (χ3n) is 1.99. The minimum Gasteiger partial charge on any atom is -0.396 e. The highest BCUT2D eigenvalue weighted by molar-refractivity contribution is 5.14. The van der Waals surface area contributed by atoms with Crippen molar-refractivity contribution in [2.24, 2.45) is 0 Å². The van der Waals surface area contributed by atoms with Crippen molar-refractivity contribution >= 4 is 0 Å². The van der Waals surface area contributed by atoms with Gasteiger partial charge in [0, 0.05) is 32.0 Å². The summed E-state index contributed by atoms with van der Waals surface area (Å²) in [5, 5.41) is 8.72.